The van der Waals surface area contributed by atoms with Crippen LogP contribution in [0.4, 0.5) is 5.82 Å². The van der Waals surface area contributed by atoms with E-state index in [-0.39, 0.29) is 0 Å². The Kier molecular flexibility index (Phi) is 2.48. The highest BCUT2D eigenvalue weighted by Gasteiger charge is 2.21. The molecule has 0 amide bonds. The zero-order valence-electron chi connectivity index (χ0n) is 9.03. The summed E-state index contributed by atoms with van der Waals surface area (Å²) in [5.74, 6) is 1.71. The van der Waals surface area contributed by atoms with Crippen LogP contribution in [0.3, 0.4) is 0 Å². The van der Waals surface area contributed by atoms with Gasteiger partial charge in [-0.25, -0.2) is 4.68 Å². The van der Waals surface area contributed by atoms with Crippen LogP contribution in [0.5, 0.6) is 0 Å². The van der Waals surface area contributed by atoms with Crippen molar-refractivity contribution >= 4 is 5.82 Å². The summed E-state index contributed by atoms with van der Waals surface area (Å²) < 4.78 is 1.97. The van der Waals surface area contributed by atoms with E-state index in [1.165, 1.54) is 25.7 Å². The summed E-state index contributed by atoms with van der Waals surface area (Å²) in [7, 11) is 0. The lowest BCUT2D eigenvalue weighted by molar-refractivity contribution is 0.251. The Morgan fingerprint density at radius 2 is 2.36 bits per heavy atom. The largest absolute Gasteiger partial charge is 0.384 e. The van der Waals surface area contributed by atoms with Crippen LogP contribution in [0.1, 0.15) is 44.3 Å². The molecule has 0 saturated heterocycles. The highest BCUT2D eigenvalue weighted by Crippen LogP contribution is 2.34. The van der Waals surface area contributed by atoms with Gasteiger partial charge in [0.15, 0.2) is 0 Å². The number of hydrogen-bond donors (Lipinski definition) is 1. The third-order valence-corrected chi connectivity index (χ3v) is 3.20. The fourth-order valence-electron chi connectivity index (χ4n) is 2.20. The van der Waals surface area contributed by atoms with Crippen molar-refractivity contribution < 1.29 is 0 Å². The summed E-state index contributed by atoms with van der Waals surface area (Å²) in [5.41, 5.74) is 6.89. The van der Waals surface area contributed by atoms with E-state index in [0.717, 1.165) is 17.4 Å². The first-order valence-electron chi connectivity index (χ1n) is 5.48. The fourth-order valence-corrected chi connectivity index (χ4v) is 2.20. The van der Waals surface area contributed by atoms with Gasteiger partial charge in [-0.15, -0.1) is 0 Å². The second-order valence-corrected chi connectivity index (χ2v) is 4.54. The molecule has 3 heteroatoms. The molecular weight excluding hydrogens is 174 g/mol. The Labute approximate surface area is 85.3 Å². The van der Waals surface area contributed by atoms with Gasteiger partial charge in [-0.2, -0.15) is 5.10 Å². The van der Waals surface area contributed by atoms with Crippen molar-refractivity contribution in [1.29, 1.82) is 0 Å². The van der Waals surface area contributed by atoms with E-state index in [1.54, 1.807) is 0 Å². The molecule has 1 saturated carbocycles. The van der Waals surface area contributed by atoms with Crippen LogP contribution in [-0.2, 0) is 0 Å². The molecule has 1 aliphatic rings. The lowest BCUT2D eigenvalue weighted by atomic mass is 9.81. The molecule has 14 heavy (non-hydrogen) atoms. The monoisotopic (exact) mass is 193 g/mol. The summed E-state index contributed by atoms with van der Waals surface area (Å²) in [6.07, 6.45) is 5.42. The Bertz CT molecular complexity index is 312. The Morgan fingerprint density at radius 3 is 2.79 bits per heavy atom. The maximum absolute atomic E-state index is 5.88. The summed E-state index contributed by atoms with van der Waals surface area (Å²) in [6.45, 7) is 4.20. The summed E-state index contributed by atoms with van der Waals surface area (Å²) in [4.78, 5) is 0. The Hall–Kier alpha value is -0.990. The van der Waals surface area contributed by atoms with E-state index in [9.17, 15) is 0 Å². The first-order chi connectivity index (χ1) is 6.66. The summed E-state index contributed by atoms with van der Waals surface area (Å²) in [6, 6.07) is 2.39. The molecule has 1 aliphatic carbocycles. The van der Waals surface area contributed by atoms with Crippen molar-refractivity contribution in [2.75, 3.05) is 5.73 Å². The average Bonchev–Trinajstić information content (AvgIpc) is 2.37. The molecule has 0 radical (unpaired) electrons. The average molecular weight is 193 g/mol. The van der Waals surface area contributed by atoms with Gasteiger partial charge in [0, 0.05) is 6.07 Å². The molecule has 1 fully saturated rings. The first-order valence-corrected chi connectivity index (χ1v) is 5.48. The van der Waals surface area contributed by atoms with E-state index in [4.69, 9.17) is 5.73 Å². The molecule has 1 atom stereocenters. The predicted molar refractivity (Wildman–Crippen MR) is 58.0 cm³/mol. The Balaban J connectivity index is 2.02. The molecule has 0 aliphatic heterocycles. The van der Waals surface area contributed by atoms with E-state index in [0.29, 0.717) is 6.04 Å². The van der Waals surface area contributed by atoms with Crippen molar-refractivity contribution in [3.8, 4) is 0 Å². The van der Waals surface area contributed by atoms with Gasteiger partial charge in [-0.1, -0.05) is 19.3 Å². The normalized spacial score (nSPS) is 19.3. The van der Waals surface area contributed by atoms with Gasteiger partial charge in [-0.3, -0.25) is 0 Å². The van der Waals surface area contributed by atoms with Gasteiger partial charge in [0.05, 0.1) is 11.7 Å². The number of nitrogens with two attached hydrogens (primary N) is 1. The minimum absolute atomic E-state index is 0.453. The van der Waals surface area contributed by atoms with Crippen LogP contribution < -0.4 is 5.73 Å². The van der Waals surface area contributed by atoms with Gasteiger partial charge in [0.1, 0.15) is 5.82 Å². The van der Waals surface area contributed by atoms with Crippen LogP contribution in [0.2, 0.25) is 0 Å². The van der Waals surface area contributed by atoms with Crippen molar-refractivity contribution in [2.45, 2.75) is 45.6 Å². The zero-order valence-corrected chi connectivity index (χ0v) is 9.03. The van der Waals surface area contributed by atoms with Crippen LogP contribution in [0.25, 0.3) is 0 Å². The molecule has 0 spiro atoms. The second kappa shape index (κ2) is 3.64. The van der Waals surface area contributed by atoms with Gasteiger partial charge in [-0.05, 0) is 26.2 Å². The number of hydrogen-bond acceptors (Lipinski definition) is 2. The molecule has 0 bridgehead atoms. The Morgan fingerprint density at radius 1 is 1.64 bits per heavy atom. The highest BCUT2D eigenvalue weighted by molar-refractivity contribution is 5.30. The van der Waals surface area contributed by atoms with Gasteiger partial charge in [0.2, 0.25) is 0 Å². The lowest BCUT2D eigenvalue weighted by Crippen LogP contribution is -2.18. The topological polar surface area (TPSA) is 43.8 Å². The van der Waals surface area contributed by atoms with Crippen LogP contribution in [-0.4, -0.2) is 9.78 Å². The van der Waals surface area contributed by atoms with E-state index >= 15 is 0 Å². The standard InChI is InChI=1S/C11H19N3/c1-8-6-11(12)14(13-8)9(2)7-10-4-3-5-10/h6,9-10H,3-5,7,12H2,1-2H3. The maximum Gasteiger partial charge on any atom is 0.122 e. The third-order valence-electron chi connectivity index (χ3n) is 3.20. The number of rotatable bonds is 3. The number of aromatic nitrogens is 2. The molecule has 1 aromatic rings. The predicted octanol–water partition coefficient (Wildman–Crippen LogP) is 2.52. The minimum Gasteiger partial charge on any atom is -0.384 e. The molecular formula is C11H19N3. The molecule has 78 valence electrons. The van der Waals surface area contributed by atoms with Crippen LogP contribution in [0.15, 0.2) is 6.07 Å². The zero-order chi connectivity index (χ0) is 10.1. The summed E-state index contributed by atoms with van der Waals surface area (Å²) >= 11 is 0. The lowest BCUT2D eigenvalue weighted by Gasteiger charge is -2.28. The second-order valence-electron chi connectivity index (χ2n) is 4.54. The first kappa shape index (κ1) is 9.56. The van der Waals surface area contributed by atoms with E-state index in [1.807, 2.05) is 17.7 Å². The molecule has 1 unspecified atom stereocenters. The highest BCUT2D eigenvalue weighted by atomic mass is 15.3. The molecule has 2 N–H and O–H groups in total. The van der Waals surface area contributed by atoms with Gasteiger partial charge >= 0.3 is 0 Å². The van der Waals surface area contributed by atoms with Gasteiger partial charge in [0.25, 0.3) is 0 Å². The maximum atomic E-state index is 5.88. The molecule has 1 heterocycles. The number of aryl methyl sites for hydroxylation is 1. The molecule has 0 aromatic carbocycles. The number of anilines is 1. The van der Waals surface area contributed by atoms with Crippen molar-refractivity contribution in [3.05, 3.63) is 11.8 Å². The molecule has 2 rings (SSSR count). The smallest absolute Gasteiger partial charge is 0.122 e. The molecule has 3 nitrogen and oxygen atoms in total. The van der Waals surface area contributed by atoms with E-state index in [2.05, 4.69) is 12.0 Å². The number of nitrogen functional groups attached to an aromatic ring is 1. The quantitative estimate of drug-likeness (QED) is 0.801. The SMILES string of the molecule is Cc1cc(N)n(C(C)CC2CCC2)n1. The fraction of sp³-hybridized carbons (Fsp3) is 0.727. The van der Waals surface area contributed by atoms with Crippen LogP contribution in [0, 0.1) is 12.8 Å². The number of nitrogens with zero attached hydrogens (tertiary/aromatic N) is 2. The minimum atomic E-state index is 0.453. The van der Waals surface area contributed by atoms with Crippen molar-refractivity contribution in [3.63, 3.8) is 0 Å². The summed E-state index contributed by atoms with van der Waals surface area (Å²) in [5, 5.41) is 4.41. The third kappa shape index (κ3) is 1.76. The molecule has 1 aromatic heterocycles. The van der Waals surface area contributed by atoms with Gasteiger partial charge < -0.3 is 5.73 Å². The van der Waals surface area contributed by atoms with Crippen molar-refractivity contribution in [2.24, 2.45) is 5.92 Å². The van der Waals surface area contributed by atoms with Crippen molar-refractivity contribution in [1.82, 2.24) is 9.78 Å². The van der Waals surface area contributed by atoms with Crippen LogP contribution >= 0.6 is 0 Å². The van der Waals surface area contributed by atoms with E-state index < -0.39 is 0 Å².